The molecule has 19 heavy (non-hydrogen) atoms. The molecule has 0 radical (unpaired) electrons. The van der Waals surface area contributed by atoms with Crippen molar-refractivity contribution < 1.29 is 8.42 Å². The minimum absolute atomic E-state index is 0.380. The molecule has 0 amide bonds. The van der Waals surface area contributed by atoms with Crippen molar-refractivity contribution in [3.63, 3.8) is 0 Å². The van der Waals surface area contributed by atoms with Crippen molar-refractivity contribution in [2.45, 2.75) is 50.5 Å². The average molecular weight is 283 g/mol. The number of benzene rings is 1. The third-order valence-electron chi connectivity index (χ3n) is 3.53. The van der Waals surface area contributed by atoms with E-state index in [-0.39, 0.29) is 0 Å². The molecule has 0 heterocycles. The zero-order valence-electron chi connectivity index (χ0n) is 12.3. The molecule has 0 aliphatic rings. The predicted molar refractivity (Wildman–Crippen MR) is 80.3 cm³/mol. The summed E-state index contributed by atoms with van der Waals surface area (Å²) in [4.78, 5) is 0.387. The molecule has 4 heteroatoms. The van der Waals surface area contributed by atoms with Crippen molar-refractivity contribution in [1.29, 1.82) is 0 Å². The minimum atomic E-state index is -3.10. The van der Waals surface area contributed by atoms with Crippen LogP contribution < -0.4 is 5.32 Å². The highest BCUT2D eigenvalue weighted by molar-refractivity contribution is 7.90. The van der Waals surface area contributed by atoms with Crippen LogP contribution in [0.4, 0.5) is 0 Å². The normalized spacial score (nSPS) is 15.2. The lowest BCUT2D eigenvalue weighted by molar-refractivity contribution is 0.438. The summed E-state index contributed by atoms with van der Waals surface area (Å²) < 4.78 is 22.9. The Morgan fingerprint density at radius 1 is 1.16 bits per heavy atom. The molecule has 108 valence electrons. The van der Waals surface area contributed by atoms with Crippen molar-refractivity contribution in [3.05, 3.63) is 29.8 Å². The summed E-state index contributed by atoms with van der Waals surface area (Å²) in [6.07, 6.45) is 3.42. The zero-order valence-corrected chi connectivity index (χ0v) is 13.1. The minimum Gasteiger partial charge on any atom is -0.313 e. The second-order valence-electron chi connectivity index (χ2n) is 5.10. The van der Waals surface area contributed by atoms with Crippen molar-refractivity contribution in [2.24, 2.45) is 0 Å². The third kappa shape index (κ3) is 4.62. The average Bonchev–Trinajstić information content (AvgIpc) is 2.38. The van der Waals surface area contributed by atoms with E-state index in [1.165, 1.54) is 11.8 Å². The highest BCUT2D eigenvalue weighted by atomic mass is 32.2. The summed E-state index contributed by atoms with van der Waals surface area (Å²) in [6.45, 7) is 7.54. The van der Waals surface area contributed by atoms with Crippen LogP contribution in [0.2, 0.25) is 0 Å². The van der Waals surface area contributed by atoms with Crippen molar-refractivity contribution in [2.75, 3.05) is 12.8 Å². The van der Waals surface area contributed by atoms with Crippen LogP contribution in [0.1, 0.15) is 45.1 Å². The van der Waals surface area contributed by atoms with E-state index < -0.39 is 9.84 Å². The summed E-state index contributed by atoms with van der Waals surface area (Å²) in [5, 5.41) is 3.54. The van der Waals surface area contributed by atoms with E-state index >= 15 is 0 Å². The Labute approximate surface area is 117 Å². The van der Waals surface area contributed by atoms with Gasteiger partial charge in [-0.2, -0.15) is 0 Å². The highest BCUT2D eigenvalue weighted by Crippen LogP contribution is 2.22. The molecular weight excluding hydrogens is 258 g/mol. The second kappa shape index (κ2) is 7.06. The van der Waals surface area contributed by atoms with E-state index in [1.54, 1.807) is 12.1 Å². The smallest absolute Gasteiger partial charge is 0.175 e. The Balaban J connectivity index is 2.84. The fourth-order valence-corrected chi connectivity index (χ4v) is 2.89. The Morgan fingerprint density at radius 2 is 1.74 bits per heavy atom. The molecule has 1 rings (SSSR count). The Morgan fingerprint density at radius 3 is 2.16 bits per heavy atom. The molecule has 2 atom stereocenters. The summed E-state index contributed by atoms with van der Waals surface area (Å²) in [6, 6.07) is 7.69. The number of rotatable bonds is 7. The quantitative estimate of drug-likeness (QED) is 0.837. The number of sulfone groups is 1. The van der Waals surface area contributed by atoms with E-state index in [1.807, 2.05) is 12.1 Å². The fraction of sp³-hybridized carbons (Fsp3) is 0.600. The van der Waals surface area contributed by atoms with Crippen molar-refractivity contribution >= 4 is 9.84 Å². The molecule has 0 aromatic heterocycles. The van der Waals surface area contributed by atoms with Gasteiger partial charge in [0.05, 0.1) is 4.90 Å². The van der Waals surface area contributed by atoms with Crippen LogP contribution in [0.25, 0.3) is 0 Å². The van der Waals surface area contributed by atoms with Crippen LogP contribution in [0.5, 0.6) is 0 Å². The molecule has 0 fully saturated rings. The number of nitrogens with one attached hydrogen (secondary N) is 1. The first kappa shape index (κ1) is 16.2. The largest absolute Gasteiger partial charge is 0.313 e. The standard InChI is InChI=1S/C15H25NO2S/c1-5-11-16-15(6-2)12(3)13-7-9-14(10-8-13)19(4,17)18/h7-10,12,15-16H,5-6,11H2,1-4H3. The van der Waals surface area contributed by atoms with E-state index in [2.05, 4.69) is 26.1 Å². The van der Waals surface area contributed by atoms with Gasteiger partial charge in [-0.25, -0.2) is 8.42 Å². The Kier molecular flexibility index (Phi) is 6.01. The van der Waals surface area contributed by atoms with Crippen LogP contribution in [0.15, 0.2) is 29.2 Å². The maximum atomic E-state index is 11.4. The molecule has 1 aromatic carbocycles. The van der Waals surface area contributed by atoms with Gasteiger partial charge in [0.15, 0.2) is 9.84 Å². The molecular formula is C15H25NO2S. The van der Waals surface area contributed by atoms with Crippen LogP contribution >= 0.6 is 0 Å². The Bertz CT molecular complexity index is 479. The highest BCUT2D eigenvalue weighted by Gasteiger charge is 2.17. The predicted octanol–water partition coefficient (Wildman–Crippen LogP) is 2.97. The van der Waals surface area contributed by atoms with E-state index in [0.29, 0.717) is 16.9 Å². The number of hydrogen-bond donors (Lipinski definition) is 1. The van der Waals surface area contributed by atoms with Gasteiger partial charge in [-0.3, -0.25) is 0 Å². The monoisotopic (exact) mass is 283 g/mol. The number of hydrogen-bond acceptors (Lipinski definition) is 3. The lowest BCUT2D eigenvalue weighted by Crippen LogP contribution is -2.33. The summed E-state index contributed by atoms with van der Waals surface area (Å²) >= 11 is 0. The van der Waals surface area contributed by atoms with Crippen LogP contribution in [-0.2, 0) is 9.84 Å². The van der Waals surface area contributed by atoms with Gasteiger partial charge in [0.25, 0.3) is 0 Å². The van der Waals surface area contributed by atoms with E-state index in [9.17, 15) is 8.42 Å². The molecule has 0 saturated carbocycles. The van der Waals surface area contributed by atoms with Crippen molar-refractivity contribution in [1.82, 2.24) is 5.32 Å². The molecule has 0 bridgehead atoms. The topological polar surface area (TPSA) is 46.2 Å². The van der Waals surface area contributed by atoms with Gasteiger partial charge >= 0.3 is 0 Å². The van der Waals surface area contributed by atoms with Gasteiger partial charge in [0.2, 0.25) is 0 Å². The van der Waals surface area contributed by atoms with Crippen LogP contribution in [0, 0.1) is 0 Å². The second-order valence-corrected chi connectivity index (χ2v) is 7.11. The molecule has 3 nitrogen and oxygen atoms in total. The molecule has 1 N–H and O–H groups in total. The van der Waals surface area contributed by atoms with Crippen LogP contribution in [0.3, 0.4) is 0 Å². The summed E-state index contributed by atoms with van der Waals surface area (Å²) in [5.74, 6) is 0.380. The molecule has 0 spiro atoms. The fourth-order valence-electron chi connectivity index (χ4n) is 2.26. The maximum Gasteiger partial charge on any atom is 0.175 e. The van der Waals surface area contributed by atoms with Gasteiger partial charge in [-0.15, -0.1) is 0 Å². The maximum absolute atomic E-state index is 11.4. The lowest BCUT2D eigenvalue weighted by Gasteiger charge is -2.24. The summed E-state index contributed by atoms with van der Waals surface area (Å²) in [7, 11) is -3.10. The summed E-state index contributed by atoms with van der Waals surface area (Å²) in [5.41, 5.74) is 1.18. The molecule has 0 aliphatic heterocycles. The molecule has 1 aromatic rings. The first-order valence-corrected chi connectivity index (χ1v) is 8.82. The van der Waals surface area contributed by atoms with Gasteiger partial charge in [-0.05, 0) is 43.0 Å². The van der Waals surface area contributed by atoms with Crippen LogP contribution in [-0.4, -0.2) is 27.3 Å². The third-order valence-corrected chi connectivity index (χ3v) is 4.66. The van der Waals surface area contributed by atoms with Gasteiger partial charge in [0, 0.05) is 12.3 Å². The first-order valence-electron chi connectivity index (χ1n) is 6.93. The van der Waals surface area contributed by atoms with E-state index in [0.717, 1.165) is 19.4 Å². The first-order chi connectivity index (χ1) is 8.90. The Hall–Kier alpha value is -0.870. The molecule has 0 aliphatic carbocycles. The molecule has 2 unspecified atom stereocenters. The van der Waals surface area contributed by atoms with Gasteiger partial charge < -0.3 is 5.32 Å². The zero-order chi connectivity index (χ0) is 14.5. The van der Waals surface area contributed by atoms with Gasteiger partial charge in [0.1, 0.15) is 0 Å². The molecule has 0 saturated heterocycles. The lowest BCUT2D eigenvalue weighted by atomic mass is 9.91. The van der Waals surface area contributed by atoms with Crippen molar-refractivity contribution in [3.8, 4) is 0 Å². The SMILES string of the molecule is CCCNC(CC)C(C)c1ccc(S(C)(=O)=O)cc1. The van der Waals surface area contributed by atoms with E-state index in [4.69, 9.17) is 0 Å². The van der Waals surface area contributed by atoms with Gasteiger partial charge in [-0.1, -0.05) is 32.9 Å².